The van der Waals surface area contributed by atoms with Crippen LogP contribution >= 0.6 is 0 Å². The zero-order valence-corrected chi connectivity index (χ0v) is 12.8. The van der Waals surface area contributed by atoms with Crippen LogP contribution in [-0.2, 0) is 11.2 Å². The normalized spacial score (nSPS) is 21.6. The van der Waals surface area contributed by atoms with Crippen molar-refractivity contribution in [3.8, 4) is 17.0 Å². The molecule has 2 aliphatic rings. The number of anilines is 1. The molecule has 1 aliphatic heterocycles. The van der Waals surface area contributed by atoms with Crippen molar-refractivity contribution in [2.24, 2.45) is 0 Å². The number of aromatic hydroxyl groups is 1. The molecule has 0 radical (unpaired) electrons. The van der Waals surface area contributed by atoms with Crippen LogP contribution in [0.1, 0.15) is 42.6 Å². The second-order valence-corrected chi connectivity index (χ2v) is 6.47. The van der Waals surface area contributed by atoms with E-state index in [1.165, 1.54) is 0 Å². The molecule has 1 atom stereocenters. The van der Waals surface area contributed by atoms with E-state index in [1.54, 1.807) is 6.07 Å². The topological polar surface area (TPSA) is 81.3 Å². The van der Waals surface area contributed by atoms with Crippen molar-refractivity contribution in [3.05, 3.63) is 34.9 Å². The maximum atomic E-state index is 10.3. The Morgan fingerprint density at radius 2 is 2.09 bits per heavy atom. The van der Waals surface area contributed by atoms with Crippen LogP contribution in [0.25, 0.3) is 11.3 Å². The number of rotatable bonds is 1. The number of aryl methyl sites for hydroxylation is 1. The molecule has 0 saturated heterocycles. The van der Waals surface area contributed by atoms with Gasteiger partial charge in [0.1, 0.15) is 11.4 Å². The van der Waals surface area contributed by atoms with Gasteiger partial charge in [0.05, 0.1) is 11.7 Å². The van der Waals surface area contributed by atoms with Gasteiger partial charge in [-0.1, -0.05) is 6.07 Å². The van der Waals surface area contributed by atoms with E-state index in [-0.39, 0.29) is 17.5 Å². The van der Waals surface area contributed by atoms with Crippen LogP contribution < -0.4 is 5.73 Å². The minimum absolute atomic E-state index is 0.0586. The fourth-order valence-electron chi connectivity index (χ4n) is 3.42. The number of nitrogens with zero attached hydrogens (tertiary/aromatic N) is 2. The van der Waals surface area contributed by atoms with Gasteiger partial charge < -0.3 is 15.6 Å². The Balaban J connectivity index is 1.93. The predicted octanol–water partition coefficient (Wildman–Crippen LogP) is 2.91. The number of hydrogen-bond donors (Lipinski definition) is 2. The molecular formula is C17H19N3O2. The van der Waals surface area contributed by atoms with Gasteiger partial charge in [0.15, 0.2) is 5.82 Å². The van der Waals surface area contributed by atoms with Crippen molar-refractivity contribution in [3.63, 3.8) is 0 Å². The van der Waals surface area contributed by atoms with Gasteiger partial charge in [-0.15, -0.1) is 10.2 Å². The zero-order chi connectivity index (χ0) is 15.5. The Morgan fingerprint density at radius 3 is 2.77 bits per heavy atom. The lowest BCUT2D eigenvalue weighted by Gasteiger charge is -2.32. The average Bonchev–Trinajstić information content (AvgIpc) is 3.18. The second-order valence-electron chi connectivity index (χ2n) is 6.47. The molecule has 0 amide bonds. The van der Waals surface area contributed by atoms with Crippen LogP contribution in [0.15, 0.2) is 18.2 Å². The maximum absolute atomic E-state index is 10.3. The average molecular weight is 297 g/mol. The van der Waals surface area contributed by atoms with E-state index in [0.717, 1.165) is 41.6 Å². The molecule has 0 bridgehead atoms. The first-order chi connectivity index (χ1) is 10.5. The molecule has 1 aromatic carbocycles. The highest BCUT2D eigenvalue weighted by molar-refractivity contribution is 5.73. The minimum atomic E-state index is -0.0897. The lowest BCUT2D eigenvalue weighted by atomic mass is 9.90. The summed E-state index contributed by atoms with van der Waals surface area (Å²) in [6.07, 6.45) is 2.83. The van der Waals surface area contributed by atoms with E-state index in [1.807, 2.05) is 26.0 Å². The second kappa shape index (κ2) is 4.43. The molecule has 1 spiro atoms. The summed E-state index contributed by atoms with van der Waals surface area (Å²) < 4.78 is 6.12. The van der Waals surface area contributed by atoms with Crippen molar-refractivity contribution in [1.29, 1.82) is 0 Å². The number of hydrogen-bond acceptors (Lipinski definition) is 5. The largest absolute Gasteiger partial charge is 0.507 e. The summed E-state index contributed by atoms with van der Waals surface area (Å²) in [5.41, 5.74) is 10.4. The van der Waals surface area contributed by atoms with Crippen LogP contribution in [0.4, 0.5) is 5.82 Å². The van der Waals surface area contributed by atoms with E-state index in [4.69, 9.17) is 10.5 Å². The van der Waals surface area contributed by atoms with Gasteiger partial charge in [-0.3, -0.25) is 0 Å². The minimum Gasteiger partial charge on any atom is -0.507 e. The highest BCUT2D eigenvalue weighted by Gasteiger charge is 2.50. The Labute approximate surface area is 129 Å². The van der Waals surface area contributed by atoms with Gasteiger partial charge >= 0.3 is 0 Å². The first-order valence-electron chi connectivity index (χ1n) is 7.62. The van der Waals surface area contributed by atoms with Crippen molar-refractivity contribution in [2.75, 3.05) is 5.73 Å². The van der Waals surface area contributed by atoms with E-state index >= 15 is 0 Å². The number of nitrogen functional groups attached to an aromatic ring is 1. The molecule has 1 fully saturated rings. The van der Waals surface area contributed by atoms with Crippen LogP contribution in [-0.4, -0.2) is 20.9 Å². The molecular weight excluding hydrogens is 278 g/mol. The summed E-state index contributed by atoms with van der Waals surface area (Å²) >= 11 is 0. The summed E-state index contributed by atoms with van der Waals surface area (Å²) in [7, 11) is 0. The third-order valence-electron chi connectivity index (χ3n) is 4.69. The molecule has 5 heteroatoms. The molecule has 1 aliphatic carbocycles. The summed E-state index contributed by atoms with van der Waals surface area (Å²) in [5.74, 6) is 0.651. The predicted molar refractivity (Wildman–Crippen MR) is 83.5 cm³/mol. The standard InChI is InChI=1S/C17H19N3O2/c1-9-3-4-11(13(21)7-9)15-12-8-17(5-6-17)22-10(2)14(12)16(18)20-19-15/h3-4,7,10,21H,5-6,8H2,1-2H3,(H2,18,20). The molecule has 2 aromatic rings. The maximum Gasteiger partial charge on any atom is 0.152 e. The summed E-state index contributed by atoms with van der Waals surface area (Å²) in [6.45, 7) is 3.96. The lowest BCUT2D eigenvalue weighted by molar-refractivity contribution is -0.0338. The molecule has 2 heterocycles. The zero-order valence-electron chi connectivity index (χ0n) is 12.8. The summed E-state index contributed by atoms with van der Waals surface area (Å²) in [5, 5.41) is 18.7. The van der Waals surface area contributed by atoms with Crippen molar-refractivity contribution in [2.45, 2.75) is 44.8 Å². The number of aromatic nitrogens is 2. The van der Waals surface area contributed by atoms with Crippen molar-refractivity contribution >= 4 is 5.82 Å². The van der Waals surface area contributed by atoms with E-state index in [2.05, 4.69) is 10.2 Å². The van der Waals surface area contributed by atoms with Gasteiger partial charge in [0, 0.05) is 17.5 Å². The van der Waals surface area contributed by atoms with Crippen LogP contribution in [0.5, 0.6) is 5.75 Å². The van der Waals surface area contributed by atoms with Crippen molar-refractivity contribution in [1.82, 2.24) is 10.2 Å². The monoisotopic (exact) mass is 297 g/mol. The molecule has 1 saturated carbocycles. The van der Waals surface area contributed by atoms with E-state index < -0.39 is 0 Å². The fraction of sp³-hybridized carbons (Fsp3) is 0.412. The van der Waals surface area contributed by atoms with E-state index in [9.17, 15) is 5.11 Å². The van der Waals surface area contributed by atoms with Gasteiger partial charge in [-0.25, -0.2) is 0 Å². The number of benzene rings is 1. The lowest BCUT2D eigenvalue weighted by Crippen LogP contribution is -2.28. The molecule has 5 nitrogen and oxygen atoms in total. The van der Waals surface area contributed by atoms with Crippen LogP contribution in [0.2, 0.25) is 0 Å². The highest BCUT2D eigenvalue weighted by Crippen LogP contribution is 2.52. The molecule has 4 rings (SSSR count). The van der Waals surface area contributed by atoms with Gasteiger partial charge in [0.2, 0.25) is 0 Å². The van der Waals surface area contributed by atoms with Crippen LogP contribution in [0, 0.1) is 6.92 Å². The van der Waals surface area contributed by atoms with Gasteiger partial charge in [-0.05, 0) is 49.9 Å². The van der Waals surface area contributed by atoms with Crippen LogP contribution in [0.3, 0.4) is 0 Å². The fourth-order valence-corrected chi connectivity index (χ4v) is 3.42. The quantitative estimate of drug-likeness (QED) is 0.846. The van der Waals surface area contributed by atoms with E-state index in [0.29, 0.717) is 11.4 Å². The Morgan fingerprint density at radius 1 is 1.32 bits per heavy atom. The third-order valence-corrected chi connectivity index (χ3v) is 4.69. The SMILES string of the molecule is Cc1ccc(-c2nnc(N)c3c2CC2(CC2)OC3C)c(O)c1. The Kier molecular flexibility index (Phi) is 2.72. The smallest absolute Gasteiger partial charge is 0.152 e. The number of ether oxygens (including phenoxy) is 1. The first kappa shape index (κ1) is 13.5. The number of fused-ring (bicyclic) bond motifs is 1. The Bertz CT molecular complexity index is 769. The Hall–Kier alpha value is -2.14. The molecule has 3 N–H and O–H groups in total. The number of phenols is 1. The van der Waals surface area contributed by atoms with Crippen molar-refractivity contribution < 1.29 is 9.84 Å². The molecule has 22 heavy (non-hydrogen) atoms. The molecule has 1 aromatic heterocycles. The molecule has 114 valence electrons. The number of phenolic OH excluding ortho intramolecular Hbond substituents is 1. The number of nitrogens with two attached hydrogens (primary N) is 1. The summed E-state index contributed by atoms with van der Waals surface area (Å²) in [6, 6.07) is 5.61. The third kappa shape index (κ3) is 1.96. The van der Waals surface area contributed by atoms with Gasteiger partial charge in [-0.2, -0.15) is 0 Å². The summed E-state index contributed by atoms with van der Waals surface area (Å²) in [4.78, 5) is 0. The highest BCUT2D eigenvalue weighted by atomic mass is 16.5. The first-order valence-corrected chi connectivity index (χ1v) is 7.62. The van der Waals surface area contributed by atoms with Gasteiger partial charge in [0.25, 0.3) is 0 Å². The molecule has 1 unspecified atom stereocenters.